The van der Waals surface area contributed by atoms with Crippen molar-refractivity contribution >= 4 is 5.91 Å². The van der Waals surface area contributed by atoms with Crippen molar-refractivity contribution in [2.45, 2.75) is 19.5 Å². The average molecular weight is 319 g/mol. The fourth-order valence-electron chi connectivity index (χ4n) is 2.54. The summed E-state index contributed by atoms with van der Waals surface area (Å²) in [5.41, 5.74) is 0.640. The van der Waals surface area contributed by atoms with Gasteiger partial charge in [0, 0.05) is 37.7 Å². The van der Waals surface area contributed by atoms with Gasteiger partial charge in [0.25, 0.3) is 5.91 Å². The number of benzene rings is 1. The fraction of sp³-hybridized carbons (Fsp3) is 0.375. The molecule has 1 aliphatic rings. The molecule has 0 atom stereocenters. The van der Waals surface area contributed by atoms with E-state index < -0.39 is 0 Å². The Morgan fingerprint density at radius 3 is 3.00 bits per heavy atom. The number of fused-ring (bicyclic) bond motifs is 1. The lowest BCUT2D eigenvalue weighted by molar-refractivity contribution is 0.0699. The zero-order valence-electron chi connectivity index (χ0n) is 12.6. The third-order valence-corrected chi connectivity index (χ3v) is 3.70. The number of rotatable bonds is 5. The number of ether oxygens (including phenoxy) is 1. The van der Waals surface area contributed by atoms with Gasteiger partial charge in [-0.15, -0.1) is 0 Å². The number of hydrogen-bond donors (Lipinski definition) is 1. The van der Waals surface area contributed by atoms with Gasteiger partial charge in [0.2, 0.25) is 5.88 Å². The first-order valence-corrected chi connectivity index (χ1v) is 7.53. The zero-order valence-corrected chi connectivity index (χ0v) is 12.6. The highest BCUT2D eigenvalue weighted by molar-refractivity contribution is 5.92. The Morgan fingerprint density at radius 1 is 1.43 bits per heavy atom. The lowest BCUT2D eigenvalue weighted by Gasteiger charge is -2.21. The Hall–Kier alpha value is -2.41. The fourth-order valence-corrected chi connectivity index (χ4v) is 2.54. The molecule has 1 aromatic heterocycles. The van der Waals surface area contributed by atoms with Crippen molar-refractivity contribution in [3.05, 3.63) is 47.4 Å². The minimum Gasteiger partial charge on any atom is -0.478 e. The molecule has 0 saturated heterocycles. The Kier molecular flexibility index (Phi) is 4.57. The monoisotopic (exact) mass is 319 g/mol. The summed E-state index contributed by atoms with van der Waals surface area (Å²) in [7, 11) is 0. The molecule has 3 rings (SSSR count). The molecule has 0 spiro atoms. The molecule has 0 radical (unpaired) electrons. The molecule has 0 bridgehead atoms. The predicted molar refractivity (Wildman–Crippen MR) is 80.6 cm³/mol. The summed E-state index contributed by atoms with van der Waals surface area (Å²) >= 11 is 0. The van der Waals surface area contributed by atoms with Crippen LogP contribution in [0.4, 0.5) is 4.39 Å². The van der Waals surface area contributed by atoms with E-state index in [1.165, 1.54) is 11.0 Å². The van der Waals surface area contributed by atoms with Crippen molar-refractivity contribution in [1.82, 2.24) is 14.7 Å². The van der Waals surface area contributed by atoms with Crippen LogP contribution >= 0.6 is 0 Å². The second-order valence-electron chi connectivity index (χ2n) is 5.33. The number of hydrogen-bond acceptors (Lipinski definition) is 4. The van der Waals surface area contributed by atoms with Crippen molar-refractivity contribution in [2.75, 3.05) is 19.8 Å². The maximum Gasteiger partial charge on any atom is 0.274 e. The van der Waals surface area contributed by atoms with Crippen molar-refractivity contribution in [3.63, 3.8) is 0 Å². The minimum absolute atomic E-state index is 0.0785. The van der Waals surface area contributed by atoms with Gasteiger partial charge < -0.3 is 14.7 Å². The summed E-state index contributed by atoms with van der Waals surface area (Å²) in [6.07, 6.45) is 0.845. The van der Waals surface area contributed by atoms with Gasteiger partial charge in [-0.05, 0) is 6.07 Å². The van der Waals surface area contributed by atoms with Crippen LogP contribution < -0.4 is 4.74 Å². The number of nitrogens with zero attached hydrogens (tertiary/aromatic N) is 3. The number of aliphatic hydroxyl groups is 1. The summed E-state index contributed by atoms with van der Waals surface area (Å²) in [6.45, 7) is 1.29. The van der Waals surface area contributed by atoms with Crippen LogP contribution in [0.15, 0.2) is 30.3 Å². The van der Waals surface area contributed by atoms with E-state index in [-0.39, 0.29) is 37.1 Å². The summed E-state index contributed by atoms with van der Waals surface area (Å²) in [5.74, 6) is -0.169. The number of carbonyl (C=O) groups excluding carboxylic acids is 1. The highest BCUT2D eigenvalue weighted by Gasteiger charge is 2.23. The lowest BCUT2D eigenvalue weighted by atomic mass is 10.2. The van der Waals surface area contributed by atoms with Gasteiger partial charge in [0.05, 0.1) is 13.2 Å². The number of aromatic nitrogens is 2. The third-order valence-electron chi connectivity index (χ3n) is 3.70. The van der Waals surface area contributed by atoms with Gasteiger partial charge in [-0.1, -0.05) is 18.2 Å². The van der Waals surface area contributed by atoms with E-state index in [1.54, 1.807) is 28.9 Å². The van der Waals surface area contributed by atoms with Crippen LogP contribution in [0.1, 0.15) is 22.5 Å². The summed E-state index contributed by atoms with van der Waals surface area (Å²) in [6, 6.07) is 7.86. The van der Waals surface area contributed by atoms with Crippen LogP contribution in [0.5, 0.6) is 5.88 Å². The molecule has 0 fully saturated rings. The first-order chi connectivity index (χ1) is 11.2. The van der Waals surface area contributed by atoms with Gasteiger partial charge in [-0.25, -0.2) is 9.07 Å². The molecule has 0 aliphatic carbocycles. The van der Waals surface area contributed by atoms with E-state index >= 15 is 0 Å². The number of aryl methyl sites for hydroxylation is 1. The van der Waals surface area contributed by atoms with Crippen LogP contribution in [0.25, 0.3) is 0 Å². The van der Waals surface area contributed by atoms with Gasteiger partial charge in [-0.2, -0.15) is 5.10 Å². The Morgan fingerprint density at radius 2 is 2.26 bits per heavy atom. The van der Waals surface area contributed by atoms with Gasteiger partial charge in [0.1, 0.15) is 5.82 Å². The lowest BCUT2D eigenvalue weighted by Crippen LogP contribution is -2.33. The molecule has 0 unspecified atom stereocenters. The van der Waals surface area contributed by atoms with E-state index in [2.05, 4.69) is 5.10 Å². The molecule has 0 saturated carbocycles. The topological polar surface area (TPSA) is 67.6 Å². The Bertz CT molecular complexity index is 678. The van der Waals surface area contributed by atoms with Gasteiger partial charge in [0.15, 0.2) is 5.69 Å². The molecule has 1 aromatic carbocycles. The smallest absolute Gasteiger partial charge is 0.274 e. The van der Waals surface area contributed by atoms with Crippen LogP contribution in [0.3, 0.4) is 0 Å². The maximum atomic E-state index is 13.8. The molecular weight excluding hydrogens is 301 g/mol. The normalized spacial score (nSPS) is 13.3. The van der Waals surface area contributed by atoms with Gasteiger partial charge in [-0.3, -0.25) is 4.79 Å². The summed E-state index contributed by atoms with van der Waals surface area (Å²) in [5, 5.41) is 13.4. The molecule has 1 aliphatic heterocycles. The number of carbonyl (C=O) groups is 1. The number of aliphatic hydroxyl groups excluding tert-OH is 1. The summed E-state index contributed by atoms with van der Waals surface area (Å²) in [4.78, 5) is 14.0. The minimum atomic E-state index is -0.379. The quantitative estimate of drug-likeness (QED) is 0.905. The maximum absolute atomic E-state index is 13.8. The van der Waals surface area contributed by atoms with Crippen molar-refractivity contribution < 1.29 is 19.0 Å². The van der Waals surface area contributed by atoms with E-state index in [0.29, 0.717) is 24.6 Å². The van der Waals surface area contributed by atoms with Crippen molar-refractivity contribution in [2.24, 2.45) is 0 Å². The Balaban J connectivity index is 1.81. The highest BCUT2D eigenvalue weighted by Crippen LogP contribution is 2.20. The molecule has 2 heterocycles. The molecule has 1 amide bonds. The van der Waals surface area contributed by atoms with Crippen LogP contribution in [-0.4, -0.2) is 45.5 Å². The molecule has 7 heteroatoms. The van der Waals surface area contributed by atoms with Crippen LogP contribution in [0, 0.1) is 5.82 Å². The second-order valence-corrected chi connectivity index (χ2v) is 5.33. The second kappa shape index (κ2) is 6.78. The average Bonchev–Trinajstić information content (AvgIpc) is 3.00. The first kappa shape index (κ1) is 15.5. The predicted octanol–water partition coefficient (Wildman–Crippen LogP) is 1.44. The van der Waals surface area contributed by atoms with E-state index in [1.807, 2.05) is 0 Å². The van der Waals surface area contributed by atoms with Gasteiger partial charge >= 0.3 is 0 Å². The standard InChI is InChI=1S/C16H18FN3O3/c17-13-5-2-1-4-12(13)11-19(7-8-21)16(22)14-10-15-20(18-14)6-3-9-23-15/h1-2,4-5,10,21H,3,6-9,11H2. The molecular formula is C16H18FN3O3. The molecule has 1 N–H and O–H groups in total. The van der Waals surface area contributed by atoms with E-state index in [4.69, 9.17) is 4.74 Å². The van der Waals surface area contributed by atoms with E-state index in [9.17, 15) is 14.3 Å². The van der Waals surface area contributed by atoms with Crippen molar-refractivity contribution in [3.8, 4) is 5.88 Å². The molecule has 2 aromatic rings. The van der Waals surface area contributed by atoms with Crippen LogP contribution in [-0.2, 0) is 13.1 Å². The molecule has 122 valence electrons. The zero-order chi connectivity index (χ0) is 16.2. The van der Waals surface area contributed by atoms with Crippen LogP contribution in [0.2, 0.25) is 0 Å². The largest absolute Gasteiger partial charge is 0.478 e. The SMILES string of the molecule is O=C(c1cc2n(n1)CCCO2)N(CCO)Cc1ccccc1F. The number of halogens is 1. The van der Waals surface area contributed by atoms with E-state index in [0.717, 1.165) is 6.42 Å². The third kappa shape index (κ3) is 3.34. The molecule has 6 nitrogen and oxygen atoms in total. The first-order valence-electron chi connectivity index (χ1n) is 7.53. The Labute approximate surface area is 133 Å². The number of amides is 1. The molecule has 23 heavy (non-hydrogen) atoms. The summed E-state index contributed by atoms with van der Waals surface area (Å²) < 4.78 is 20.9. The van der Waals surface area contributed by atoms with Crippen molar-refractivity contribution in [1.29, 1.82) is 0 Å². The highest BCUT2D eigenvalue weighted by atomic mass is 19.1.